The zero-order chi connectivity index (χ0) is 11.3. The largest absolute Gasteiger partial charge is 0.273 e. The number of halogens is 1. The Hall–Kier alpha value is -0.310. The Morgan fingerprint density at radius 1 is 1.40 bits per heavy atom. The summed E-state index contributed by atoms with van der Waals surface area (Å²) in [6.45, 7) is 4.53. The number of alkyl halides is 1. The van der Waals surface area contributed by atoms with Gasteiger partial charge in [-0.25, -0.2) is 0 Å². The van der Waals surface area contributed by atoms with Crippen molar-refractivity contribution in [3.8, 4) is 0 Å². The van der Waals surface area contributed by atoms with Crippen molar-refractivity contribution in [3.63, 3.8) is 0 Å². The van der Waals surface area contributed by atoms with Crippen LogP contribution in [0.4, 0.5) is 0 Å². The van der Waals surface area contributed by atoms with Crippen molar-refractivity contribution >= 4 is 15.9 Å². The molecule has 0 saturated carbocycles. The summed E-state index contributed by atoms with van der Waals surface area (Å²) in [4.78, 5) is 0.670. The fraction of sp³-hybridized carbons (Fsp3) is 0.750. The van der Waals surface area contributed by atoms with Gasteiger partial charge in [-0.3, -0.25) is 4.68 Å². The lowest BCUT2D eigenvalue weighted by Gasteiger charge is -2.12. The molecule has 1 unspecified atom stereocenters. The molecule has 1 rings (SSSR count). The van der Waals surface area contributed by atoms with Gasteiger partial charge < -0.3 is 0 Å². The third kappa shape index (κ3) is 4.37. The van der Waals surface area contributed by atoms with Gasteiger partial charge in [0, 0.05) is 23.8 Å². The van der Waals surface area contributed by atoms with E-state index in [1.807, 2.05) is 17.9 Å². The SMILES string of the molecule is CC(C)C(Br)CCCCc1ccnn1C. The minimum Gasteiger partial charge on any atom is -0.273 e. The summed E-state index contributed by atoms with van der Waals surface area (Å²) >= 11 is 3.72. The van der Waals surface area contributed by atoms with Crippen molar-refractivity contribution in [1.29, 1.82) is 0 Å². The first-order valence-corrected chi connectivity index (χ1v) is 6.63. The first kappa shape index (κ1) is 12.8. The number of rotatable bonds is 6. The molecule has 0 aliphatic carbocycles. The van der Waals surface area contributed by atoms with Crippen LogP contribution in [-0.4, -0.2) is 14.6 Å². The van der Waals surface area contributed by atoms with Crippen LogP contribution in [0.5, 0.6) is 0 Å². The highest BCUT2D eigenvalue weighted by Gasteiger charge is 2.08. The maximum atomic E-state index is 4.17. The fourth-order valence-corrected chi connectivity index (χ4v) is 1.95. The quantitative estimate of drug-likeness (QED) is 0.572. The molecule has 3 heteroatoms. The van der Waals surface area contributed by atoms with E-state index in [9.17, 15) is 0 Å². The lowest BCUT2D eigenvalue weighted by atomic mass is 10.0. The predicted molar refractivity (Wildman–Crippen MR) is 68.3 cm³/mol. The van der Waals surface area contributed by atoms with E-state index < -0.39 is 0 Å². The molecule has 0 saturated heterocycles. The zero-order valence-electron chi connectivity index (χ0n) is 9.91. The molecule has 15 heavy (non-hydrogen) atoms. The average molecular weight is 273 g/mol. The van der Waals surface area contributed by atoms with Crippen LogP contribution in [0.2, 0.25) is 0 Å². The van der Waals surface area contributed by atoms with Crippen LogP contribution in [0.3, 0.4) is 0 Å². The summed E-state index contributed by atoms with van der Waals surface area (Å²) in [5.74, 6) is 0.738. The number of unbranched alkanes of at least 4 members (excludes halogenated alkanes) is 1. The van der Waals surface area contributed by atoms with Gasteiger partial charge in [-0.1, -0.05) is 36.2 Å². The molecule has 0 radical (unpaired) electrons. The summed E-state index contributed by atoms with van der Waals surface area (Å²) in [6, 6.07) is 2.11. The molecule has 1 aromatic heterocycles. The van der Waals surface area contributed by atoms with Crippen LogP contribution in [0.1, 0.15) is 38.8 Å². The van der Waals surface area contributed by atoms with E-state index in [0.29, 0.717) is 4.83 Å². The lowest BCUT2D eigenvalue weighted by molar-refractivity contribution is 0.545. The summed E-state index contributed by atoms with van der Waals surface area (Å²) in [5, 5.41) is 4.17. The molecule has 0 spiro atoms. The molecule has 0 aromatic carbocycles. The topological polar surface area (TPSA) is 17.8 Å². The molecule has 0 bridgehead atoms. The highest BCUT2D eigenvalue weighted by atomic mass is 79.9. The average Bonchev–Trinajstić information content (AvgIpc) is 2.58. The molecule has 86 valence electrons. The Bertz CT molecular complexity index is 281. The second-order valence-electron chi connectivity index (χ2n) is 4.45. The van der Waals surface area contributed by atoms with Crippen molar-refractivity contribution < 1.29 is 0 Å². The van der Waals surface area contributed by atoms with Gasteiger partial charge in [-0.15, -0.1) is 0 Å². The predicted octanol–water partition coefficient (Wildman–Crippen LogP) is 3.55. The molecule has 0 fully saturated rings. The monoisotopic (exact) mass is 272 g/mol. The second-order valence-corrected chi connectivity index (χ2v) is 5.63. The Kier molecular flexibility index (Phi) is 5.37. The maximum Gasteiger partial charge on any atom is 0.0492 e. The highest BCUT2D eigenvalue weighted by Crippen LogP contribution is 2.19. The first-order chi connectivity index (χ1) is 7.11. The Morgan fingerprint density at radius 2 is 2.13 bits per heavy atom. The number of hydrogen-bond acceptors (Lipinski definition) is 1. The molecule has 0 aliphatic heterocycles. The normalized spacial score (nSPS) is 13.4. The Morgan fingerprint density at radius 3 is 2.67 bits per heavy atom. The van der Waals surface area contributed by atoms with E-state index in [1.54, 1.807) is 0 Å². The van der Waals surface area contributed by atoms with Crippen LogP contribution in [0.25, 0.3) is 0 Å². The van der Waals surface area contributed by atoms with Crippen LogP contribution in [0.15, 0.2) is 12.3 Å². The molecule has 1 aromatic rings. The molecule has 1 heterocycles. The van der Waals surface area contributed by atoms with Crippen LogP contribution >= 0.6 is 15.9 Å². The third-order valence-electron chi connectivity index (χ3n) is 2.81. The van der Waals surface area contributed by atoms with E-state index in [4.69, 9.17) is 0 Å². The first-order valence-electron chi connectivity index (χ1n) is 5.72. The van der Waals surface area contributed by atoms with E-state index in [1.165, 1.54) is 25.0 Å². The van der Waals surface area contributed by atoms with Crippen molar-refractivity contribution in [1.82, 2.24) is 9.78 Å². The summed E-state index contributed by atoms with van der Waals surface area (Å²) in [7, 11) is 2.01. The van der Waals surface area contributed by atoms with E-state index in [0.717, 1.165) is 12.3 Å². The van der Waals surface area contributed by atoms with E-state index in [-0.39, 0.29) is 0 Å². The van der Waals surface area contributed by atoms with Crippen molar-refractivity contribution in [3.05, 3.63) is 18.0 Å². The molecular weight excluding hydrogens is 252 g/mol. The van der Waals surface area contributed by atoms with E-state index >= 15 is 0 Å². The summed E-state index contributed by atoms with van der Waals surface area (Å²) in [6.07, 6.45) is 6.84. The van der Waals surface area contributed by atoms with Gasteiger partial charge in [0.15, 0.2) is 0 Å². The van der Waals surface area contributed by atoms with Crippen molar-refractivity contribution in [2.45, 2.75) is 44.4 Å². The van der Waals surface area contributed by atoms with Gasteiger partial charge in [0.1, 0.15) is 0 Å². The van der Waals surface area contributed by atoms with Gasteiger partial charge >= 0.3 is 0 Å². The summed E-state index contributed by atoms with van der Waals surface area (Å²) < 4.78 is 1.97. The van der Waals surface area contributed by atoms with Gasteiger partial charge in [-0.2, -0.15) is 5.10 Å². The van der Waals surface area contributed by atoms with Gasteiger partial charge in [-0.05, 0) is 31.2 Å². The third-order valence-corrected chi connectivity index (χ3v) is 4.32. The number of aryl methyl sites for hydroxylation is 2. The summed E-state index contributed by atoms with van der Waals surface area (Å²) in [5.41, 5.74) is 1.34. The second kappa shape index (κ2) is 6.31. The minimum absolute atomic E-state index is 0.670. The molecular formula is C12H21BrN2. The molecule has 1 atom stereocenters. The van der Waals surface area contributed by atoms with Crippen LogP contribution < -0.4 is 0 Å². The van der Waals surface area contributed by atoms with Crippen LogP contribution in [-0.2, 0) is 13.5 Å². The zero-order valence-corrected chi connectivity index (χ0v) is 11.5. The fourth-order valence-electron chi connectivity index (χ4n) is 1.63. The molecule has 2 nitrogen and oxygen atoms in total. The standard InChI is InChI=1S/C12H21BrN2/c1-10(2)12(13)7-5-4-6-11-8-9-14-15(11)3/h8-10,12H,4-7H2,1-3H3. The smallest absolute Gasteiger partial charge is 0.0492 e. The lowest BCUT2D eigenvalue weighted by Crippen LogP contribution is -2.07. The number of nitrogens with zero attached hydrogens (tertiary/aromatic N) is 2. The van der Waals surface area contributed by atoms with Crippen LogP contribution in [0, 0.1) is 5.92 Å². The Balaban J connectivity index is 2.15. The molecule has 0 N–H and O–H groups in total. The van der Waals surface area contributed by atoms with Gasteiger partial charge in [0.05, 0.1) is 0 Å². The number of hydrogen-bond donors (Lipinski definition) is 0. The molecule has 0 amide bonds. The minimum atomic E-state index is 0.670. The van der Waals surface area contributed by atoms with E-state index in [2.05, 4.69) is 40.9 Å². The number of aromatic nitrogens is 2. The Labute approximate surface area is 101 Å². The van der Waals surface area contributed by atoms with Gasteiger partial charge in [0.2, 0.25) is 0 Å². The molecule has 0 aliphatic rings. The maximum absolute atomic E-state index is 4.17. The highest BCUT2D eigenvalue weighted by molar-refractivity contribution is 9.09. The van der Waals surface area contributed by atoms with Gasteiger partial charge in [0.25, 0.3) is 0 Å². The van der Waals surface area contributed by atoms with Crippen molar-refractivity contribution in [2.24, 2.45) is 13.0 Å². The van der Waals surface area contributed by atoms with Crippen molar-refractivity contribution in [2.75, 3.05) is 0 Å².